The molecule has 0 radical (unpaired) electrons. The summed E-state index contributed by atoms with van der Waals surface area (Å²) >= 11 is 0. The molecule has 1 rings (SSSR count). The standard InChI is InChI=1S/C9H14F3N3O/c1-2-3-6(13)8-14-7(16-15-8)4-5-9(10,11)12/h6H,2-5,13H2,1H3. The second-order valence-corrected chi connectivity index (χ2v) is 3.56. The highest BCUT2D eigenvalue weighted by Crippen LogP contribution is 2.22. The van der Waals surface area contributed by atoms with Crippen LogP contribution in [0.1, 0.15) is 43.9 Å². The molecule has 1 aromatic rings. The number of nitrogens with zero attached hydrogens (tertiary/aromatic N) is 2. The average Bonchev–Trinajstić information content (AvgIpc) is 2.62. The van der Waals surface area contributed by atoms with Crippen LogP contribution >= 0.6 is 0 Å². The van der Waals surface area contributed by atoms with Crippen LogP contribution in [-0.2, 0) is 6.42 Å². The van der Waals surface area contributed by atoms with Crippen molar-refractivity contribution in [3.63, 3.8) is 0 Å². The quantitative estimate of drug-likeness (QED) is 0.853. The molecule has 0 spiro atoms. The van der Waals surface area contributed by atoms with Gasteiger partial charge in [0.25, 0.3) is 0 Å². The molecule has 1 unspecified atom stereocenters. The van der Waals surface area contributed by atoms with Crippen LogP contribution in [0.2, 0.25) is 0 Å². The molecule has 0 bridgehead atoms. The van der Waals surface area contributed by atoms with Gasteiger partial charge >= 0.3 is 6.18 Å². The van der Waals surface area contributed by atoms with Crippen molar-refractivity contribution in [1.29, 1.82) is 0 Å². The van der Waals surface area contributed by atoms with Crippen LogP contribution in [0.5, 0.6) is 0 Å². The fourth-order valence-corrected chi connectivity index (χ4v) is 1.21. The summed E-state index contributed by atoms with van der Waals surface area (Å²) in [5.41, 5.74) is 5.69. The Labute approximate surface area is 91.0 Å². The number of alkyl halides is 3. The van der Waals surface area contributed by atoms with Gasteiger partial charge < -0.3 is 10.3 Å². The third-order valence-corrected chi connectivity index (χ3v) is 2.04. The number of nitrogens with two attached hydrogens (primary N) is 1. The molecule has 0 amide bonds. The van der Waals surface area contributed by atoms with Crippen LogP contribution in [-0.4, -0.2) is 16.3 Å². The number of halogens is 3. The number of hydrogen-bond donors (Lipinski definition) is 1. The molecule has 0 saturated heterocycles. The largest absolute Gasteiger partial charge is 0.389 e. The molecule has 1 aromatic heterocycles. The minimum Gasteiger partial charge on any atom is -0.339 e. The predicted molar refractivity (Wildman–Crippen MR) is 50.5 cm³/mol. The molecule has 0 aromatic carbocycles. The van der Waals surface area contributed by atoms with Gasteiger partial charge in [-0.2, -0.15) is 18.2 Å². The summed E-state index contributed by atoms with van der Waals surface area (Å²) in [5, 5.41) is 3.56. The van der Waals surface area contributed by atoms with E-state index in [-0.39, 0.29) is 24.2 Å². The number of rotatable bonds is 5. The van der Waals surface area contributed by atoms with Crippen LogP contribution in [0.25, 0.3) is 0 Å². The Morgan fingerprint density at radius 2 is 2.12 bits per heavy atom. The highest BCUT2D eigenvalue weighted by atomic mass is 19.4. The van der Waals surface area contributed by atoms with Crippen molar-refractivity contribution >= 4 is 0 Å². The van der Waals surface area contributed by atoms with E-state index >= 15 is 0 Å². The molecule has 16 heavy (non-hydrogen) atoms. The van der Waals surface area contributed by atoms with E-state index in [0.717, 1.165) is 6.42 Å². The van der Waals surface area contributed by atoms with Crippen LogP contribution in [0, 0.1) is 0 Å². The van der Waals surface area contributed by atoms with Gasteiger partial charge in [-0.15, -0.1) is 0 Å². The molecule has 0 aliphatic heterocycles. The molecule has 92 valence electrons. The van der Waals surface area contributed by atoms with Gasteiger partial charge in [-0.3, -0.25) is 0 Å². The number of aryl methyl sites for hydroxylation is 1. The zero-order valence-corrected chi connectivity index (χ0v) is 8.92. The summed E-state index contributed by atoms with van der Waals surface area (Å²) in [6.07, 6.45) is -3.93. The van der Waals surface area contributed by atoms with Crippen molar-refractivity contribution < 1.29 is 17.7 Å². The topological polar surface area (TPSA) is 64.9 Å². The summed E-state index contributed by atoms with van der Waals surface area (Å²) < 4.78 is 40.4. The van der Waals surface area contributed by atoms with E-state index in [1.54, 1.807) is 0 Å². The van der Waals surface area contributed by atoms with E-state index < -0.39 is 12.6 Å². The monoisotopic (exact) mass is 237 g/mol. The SMILES string of the molecule is CCCC(N)c1noc(CCC(F)(F)F)n1. The maximum absolute atomic E-state index is 11.9. The third-order valence-electron chi connectivity index (χ3n) is 2.04. The number of aromatic nitrogens is 2. The molecule has 0 aliphatic carbocycles. The molecule has 7 heteroatoms. The predicted octanol–water partition coefficient (Wildman–Crippen LogP) is 2.36. The first kappa shape index (κ1) is 13.0. The van der Waals surface area contributed by atoms with Crippen LogP contribution in [0.15, 0.2) is 4.52 Å². The third kappa shape index (κ3) is 4.18. The minimum atomic E-state index is -4.21. The van der Waals surface area contributed by atoms with Crippen molar-refractivity contribution in [2.24, 2.45) is 5.73 Å². The molecular weight excluding hydrogens is 223 g/mol. The van der Waals surface area contributed by atoms with Gasteiger partial charge in [0.05, 0.1) is 12.5 Å². The zero-order valence-electron chi connectivity index (χ0n) is 8.92. The first-order chi connectivity index (χ1) is 7.42. The minimum absolute atomic E-state index is 0.0149. The van der Waals surface area contributed by atoms with Crippen molar-refractivity contribution in [2.75, 3.05) is 0 Å². The van der Waals surface area contributed by atoms with Crippen molar-refractivity contribution in [1.82, 2.24) is 10.1 Å². The van der Waals surface area contributed by atoms with Crippen molar-refractivity contribution in [3.05, 3.63) is 11.7 Å². The van der Waals surface area contributed by atoms with Gasteiger partial charge in [0.15, 0.2) is 5.82 Å². The fraction of sp³-hybridized carbons (Fsp3) is 0.778. The Morgan fingerprint density at radius 1 is 1.44 bits per heavy atom. The molecular formula is C9H14F3N3O. The lowest BCUT2D eigenvalue weighted by Gasteiger charge is -2.03. The Morgan fingerprint density at radius 3 is 2.69 bits per heavy atom. The lowest BCUT2D eigenvalue weighted by Crippen LogP contribution is -2.12. The lowest BCUT2D eigenvalue weighted by atomic mass is 10.2. The zero-order chi connectivity index (χ0) is 12.2. The summed E-state index contributed by atoms with van der Waals surface area (Å²) in [5.74, 6) is 0.262. The van der Waals surface area contributed by atoms with E-state index in [1.807, 2.05) is 6.92 Å². The second-order valence-electron chi connectivity index (χ2n) is 3.56. The van der Waals surface area contributed by atoms with Crippen LogP contribution in [0.3, 0.4) is 0 Å². The van der Waals surface area contributed by atoms with Gasteiger partial charge in [0.2, 0.25) is 5.89 Å². The Bertz CT molecular complexity index is 324. The molecule has 0 saturated carbocycles. The van der Waals surface area contributed by atoms with E-state index in [0.29, 0.717) is 6.42 Å². The summed E-state index contributed by atoms with van der Waals surface area (Å²) in [6, 6.07) is -0.367. The lowest BCUT2D eigenvalue weighted by molar-refractivity contribution is -0.134. The summed E-state index contributed by atoms with van der Waals surface area (Å²) in [4.78, 5) is 3.83. The highest BCUT2D eigenvalue weighted by molar-refractivity contribution is 4.93. The highest BCUT2D eigenvalue weighted by Gasteiger charge is 2.28. The van der Waals surface area contributed by atoms with E-state index in [2.05, 4.69) is 14.7 Å². The van der Waals surface area contributed by atoms with Crippen LogP contribution in [0.4, 0.5) is 13.2 Å². The first-order valence-corrected chi connectivity index (χ1v) is 5.07. The number of hydrogen-bond acceptors (Lipinski definition) is 4. The van der Waals surface area contributed by atoms with E-state index in [4.69, 9.17) is 5.73 Å². The normalized spacial score (nSPS) is 14.1. The van der Waals surface area contributed by atoms with Gasteiger partial charge in [-0.05, 0) is 6.42 Å². The fourth-order valence-electron chi connectivity index (χ4n) is 1.21. The van der Waals surface area contributed by atoms with Gasteiger partial charge in [0.1, 0.15) is 0 Å². The van der Waals surface area contributed by atoms with E-state index in [1.165, 1.54) is 0 Å². The molecule has 1 heterocycles. The molecule has 0 fully saturated rings. The molecule has 4 nitrogen and oxygen atoms in total. The molecule has 1 atom stereocenters. The second kappa shape index (κ2) is 5.29. The average molecular weight is 237 g/mol. The smallest absolute Gasteiger partial charge is 0.339 e. The van der Waals surface area contributed by atoms with Crippen molar-refractivity contribution in [3.8, 4) is 0 Å². The maximum Gasteiger partial charge on any atom is 0.389 e. The summed E-state index contributed by atoms with van der Waals surface area (Å²) in [6.45, 7) is 1.95. The Balaban J connectivity index is 2.51. The Hall–Kier alpha value is -1.11. The molecule has 2 N–H and O–H groups in total. The van der Waals surface area contributed by atoms with Gasteiger partial charge in [-0.1, -0.05) is 18.5 Å². The van der Waals surface area contributed by atoms with Gasteiger partial charge in [0, 0.05) is 6.42 Å². The summed E-state index contributed by atoms with van der Waals surface area (Å²) in [7, 11) is 0. The first-order valence-electron chi connectivity index (χ1n) is 5.07. The van der Waals surface area contributed by atoms with Crippen molar-refractivity contribution in [2.45, 2.75) is 44.8 Å². The Kier molecular flexibility index (Phi) is 4.28. The maximum atomic E-state index is 11.9. The molecule has 0 aliphatic rings. The van der Waals surface area contributed by atoms with E-state index in [9.17, 15) is 13.2 Å². The van der Waals surface area contributed by atoms with Crippen LogP contribution < -0.4 is 5.73 Å². The van der Waals surface area contributed by atoms with Gasteiger partial charge in [-0.25, -0.2) is 0 Å².